The van der Waals surface area contributed by atoms with Crippen molar-refractivity contribution in [2.24, 2.45) is 0 Å². The Hall–Kier alpha value is -3.00. The van der Waals surface area contributed by atoms with E-state index in [1.54, 1.807) is 30.9 Å². The van der Waals surface area contributed by atoms with Gasteiger partial charge in [-0.3, -0.25) is 0 Å². The molecule has 2 saturated heterocycles. The van der Waals surface area contributed by atoms with Gasteiger partial charge in [-0.05, 0) is 51.7 Å². The summed E-state index contributed by atoms with van der Waals surface area (Å²) in [7, 11) is 2.07. The number of benzene rings is 1. The van der Waals surface area contributed by atoms with Crippen LogP contribution in [0.25, 0.3) is 17.1 Å². The van der Waals surface area contributed by atoms with Crippen molar-refractivity contribution in [3.63, 3.8) is 0 Å². The number of rotatable bonds is 4. The van der Waals surface area contributed by atoms with Crippen LogP contribution in [0.3, 0.4) is 0 Å². The second kappa shape index (κ2) is 6.77. The van der Waals surface area contributed by atoms with E-state index in [0.717, 1.165) is 24.3 Å². The predicted molar refractivity (Wildman–Crippen MR) is 115 cm³/mol. The molecule has 0 spiro atoms. The minimum Gasteiger partial charge on any atom is -0.507 e. The average molecular weight is 406 g/mol. The van der Waals surface area contributed by atoms with Gasteiger partial charge in [-0.1, -0.05) is 0 Å². The summed E-state index contributed by atoms with van der Waals surface area (Å²) in [5.74, 6) is 1.28. The predicted octanol–water partition coefficient (Wildman–Crippen LogP) is 2.93. The number of nitrogens with zero attached hydrogens (tertiary/aromatic N) is 6. The Bertz CT molecular complexity index is 1030. The van der Waals surface area contributed by atoms with Gasteiger partial charge in [-0.15, -0.1) is 10.2 Å². The maximum absolute atomic E-state index is 10.5. The van der Waals surface area contributed by atoms with Gasteiger partial charge in [0.2, 0.25) is 0 Å². The standard InChI is InChI=1S/C22H27N7O/c1-21-6-7-22(2,27-21)12-16(11-21)28(3)19-13-24-20(26-25-19)17-5-4-15(10-18(17)30)29-9-8-23-14-29/h4-5,8-10,13-14,16,27,30H,6-7,11-12H2,1-3H3/t16?,21-,22+. The first kappa shape index (κ1) is 19.0. The summed E-state index contributed by atoms with van der Waals surface area (Å²) in [5, 5.41) is 23.0. The first-order valence-corrected chi connectivity index (χ1v) is 10.4. The number of nitrogens with one attached hydrogen (secondary N) is 1. The molecule has 156 valence electrons. The molecule has 2 fully saturated rings. The van der Waals surface area contributed by atoms with E-state index in [0.29, 0.717) is 17.4 Å². The van der Waals surface area contributed by atoms with Crippen LogP contribution in [0.15, 0.2) is 43.1 Å². The molecule has 2 aromatic heterocycles. The number of hydrogen-bond donors (Lipinski definition) is 2. The highest BCUT2D eigenvalue weighted by Crippen LogP contribution is 2.43. The molecule has 2 N–H and O–H groups in total. The highest BCUT2D eigenvalue weighted by Gasteiger charge is 2.49. The van der Waals surface area contributed by atoms with Gasteiger partial charge in [0.1, 0.15) is 5.75 Å². The van der Waals surface area contributed by atoms with Crippen LogP contribution in [0, 0.1) is 0 Å². The summed E-state index contributed by atoms with van der Waals surface area (Å²) in [4.78, 5) is 10.7. The molecule has 0 radical (unpaired) electrons. The average Bonchev–Trinajstić information content (AvgIpc) is 3.33. The maximum Gasteiger partial charge on any atom is 0.185 e. The summed E-state index contributed by atoms with van der Waals surface area (Å²) < 4.78 is 1.83. The lowest BCUT2D eigenvalue weighted by Gasteiger charge is -2.45. The maximum atomic E-state index is 10.5. The van der Waals surface area contributed by atoms with Crippen molar-refractivity contribution in [3.8, 4) is 22.8 Å². The summed E-state index contributed by atoms with van der Waals surface area (Å²) in [6.07, 6.45) is 11.5. The molecule has 5 rings (SSSR count). The van der Waals surface area contributed by atoms with E-state index in [1.807, 2.05) is 16.8 Å². The lowest BCUT2D eigenvalue weighted by molar-refractivity contribution is 0.207. The number of fused-ring (bicyclic) bond motifs is 2. The first-order chi connectivity index (χ1) is 14.3. The number of phenols is 1. The highest BCUT2D eigenvalue weighted by molar-refractivity contribution is 5.66. The Morgan fingerprint density at radius 2 is 1.93 bits per heavy atom. The molecule has 2 aliphatic heterocycles. The van der Waals surface area contributed by atoms with Gasteiger partial charge < -0.3 is 19.9 Å². The minimum absolute atomic E-state index is 0.111. The van der Waals surface area contributed by atoms with Crippen LogP contribution in [-0.4, -0.2) is 54.0 Å². The van der Waals surface area contributed by atoms with E-state index in [2.05, 4.69) is 51.3 Å². The molecule has 8 heteroatoms. The largest absolute Gasteiger partial charge is 0.507 e. The summed E-state index contributed by atoms with van der Waals surface area (Å²) in [6.45, 7) is 4.64. The van der Waals surface area contributed by atoms with E-state index in [4.69, 9.17) is 0 Å². The molecule has 1 aromatic carbocycles. The van der Waals surface area contributed by atoms with Crippen LogP contribution >= 0.6 is 0 Å². The number of aromatic hydroxyl groups is 1. The summed E-state index contributed by atoms with van der Waals surface area (Å²) in [6, 6.07) is 5.77. The number of hydrogen-bond acceptors (Lipinski definition) is 7. The Morgan fingerprint density at radius 3 is 2.53 bits per heavy atom. The molecule has 0 aliphatic carbocycles. The van der Waals surface area contributed by atoms with Crippen molar-refractivity contribution >= 4 is 5.82 Å². The lowest BCUT2D eigenvalue weighted by atomic mass is 9.84. The molecule has 1 unspecified atom stereocenters. The number of aromatic nitrogens is 5. The molecular weight excluding hydrogens is 378 g/mol. The van der Waals surface area contributed by atoms with Crippen LogP contribution in [-0.2, 0) is 0 Å². The van der Waals surface area contributed by atoms with E-state index >= 15 is 0 Å². The molecule has 2 aliphatic rings. The van der Waals surface area contributed by atoms with Gasteiger partial charge >= 0.3 is 0 Å². The zero-order valence-corrected chi connectivity index (χ0v) is 17.6. The van der Waals surface area contributed by atoms with Gasteiger partial charge in [0.15, 0.2) is 11.6 Å². The van der Waals surface area contributed by atoms with Crippen LogP contribution in [0.2, 0.25) is 0 Å². The van der Waals surface area contributed by atoms with Gasteiger partial charge in [0.05, 0.1) is 23.8 Å². The Morgan fingerprint density at radius 1 is 1.17 bits per heavy atom. The van der Waals surface area contributed by atoms with E-state index in [1.165, 1.54) is 12.8 Å². The monoisotopic (exact) mass is 405 g/mol. The van der Waals surface area contributed by atoms with Crippen molar-refractivity contribution in [2.75, 3.05) is 11.9 Å². The van der Waals surface area contributed by atoms with Crippen LogP contribution in [0.5, 0.6) is 5.75 Å². The quantitative estimate of drug-likeness (QED) is 0.689. The number of imidazole rings is 1. The molecule has 0 saturated carbocycles. The third-order valence-electron chi connectivity index (χ3n) is 6.69. The lowest BCUT2D eigenvalue weighted by Crippen LogP contribution is -2.58. The fourth-order valence-corrected chi connectivity index (χ4v) is 5.12. The molecule has 3 atom stereocenters. The minimum atomic E-state index is 0.111. The Balaban J connectivity index is 1.36. The van der Waals surface area contributed by atoms with E-state index in [-0.39, 0.29) is 16.8 Å². The van der Waals surface area contributed by atoms with E-state index < -0.39 is 0 Å². The third-order valence-corrected chi connectivity index (χ3v) is 6.69. The van der Waals surface area contributed by atoms with Crippen LogP contribution < -0.4 is 10.2 Å². The third kappa shape index (κ3) is 3.31. The smallest absolute Gasteiger partial charge is 0.185 e. The number of anilines is 1. The Labute approximate surface area is 176 Å². The van der Waals surface area contributed by atoms with Gasteiger partial charge in [0, 0.05) is 42.6 Å². The van der Waals surface area contributed by atoms with Gasteiger partial charge in [0.25, 0.3) is 0 Å². The van der Waals surface area contributed by atoms with Crippen molar-refractivity contribution < 1.29 is 5.11 Å². The fourth-order valence-electron chi connectivity index (χ4n) is 5.12. The van der Waals surface area contributed by atoms with Crippen LogP contribution in [0.4, 0.5) is 5.82 Å². The molecular formula is C22H27N7O. The summed E-state index contributed by atoms with van der Waals surface area (Å²) >= 11 is 0. The molecule has 0 amide bonds. The molecule has 4 heterocycles. The molecule has 30 heavy (non-hydrogen) atoms. The normalized spacial score (nSPS) is 27.9. The fraction of sp³-hybridized carbons (Fsp3) is 0.455. The first-order valence-electron chi connectivity index (χ1n) is 10.4. The van der Waals surface area contributed by atoms with Crippen molar-refractivity contribution in [3.05, 3.63) is 43.1 Å². The second-order valence-electron chi connectivity index (χ2n) is 9.23. The van der Waals surface area contributed by atoms with Crippen LogP contribution in [0.1, 0.15) is 39.5 Å². The number of piperidine rings is 1. The van der Waals surface area contributed by atoms with Gasteiger partial charge in [-0.2, -0.15) is 0 Å². The number of phenolic OH excluding ortho intramolecular Hbond substituents is 1. The second-order valence-corrected chi connectivity index (χ2v) is 9.23. The Kier molecular flexibility index (Phi) is 4.28. The zero-order chi connectivity index (χ0) is 20.9. The zero-order valence-electron chi connectivity index (χ0n) is 17.6. The van der Waals surface area contributed by atoms with Crippen molar-refractivity contribution in [1.82, 2.24) is 30.0 Å². The van der Waals surface area contributed by atoms with Crippen molar-refractivity contribution in [2.45, 2.75) is 56.7 Å². The SMILES string of the molecule is CN(c1cnc(-c2ccc(-n3ccnc3)cc2O)nn1)C1C[C@]2(C)CC[C@](C)(C1)N2. The van der Waals surface area contributed by atoms with Gasteiger partial charge in [-0.25, -0.2) is 9.97 Å². The van der Waals surface area contributed by atoms with Crippen molar-refractivity contribution in [1.29, 1.82) is 0 Å². The molecule has 8 nitrogen and oxygen atoms in total. The highest BCUT2D eigenvalue weighted by atomic mass is 16.3. The topological polar surface area (TPSA) is 92.0 Å². The molecule has 2 bridgehead atoms. The molecule has 3 aromatic rings. The van der Waals surface area contributed by atoms with E-state index in [9.17, 15) is 5.11 Å². The summed E-state index contributed by atoms with van der Waals surface area (Å²) in [5.41, 5.74) is 1.76.